The van der Waals surface area contributed by atoms with Crippen LogP contribution in [0.4, 0.5) is 4.79 Å². The van der Waals surface area contributed by atoms with Gasteiger partial charge in [-0.25, -0.2) is 19.4 Å². The molecular weight excluding hydrogens is 400 g/mol. The fourth-order valence-electron chi connectivity index (χ4n) is 2.79. The Labute approximate surface area is 179 Å². The summed E-state index contributed by atoms with van der Waals surface area (Å²) < 4.78 is 11.6. The Morgan fingerprint density at radius 1 is 1.16 bits per heavy atom. The molecule has 10 nitrogen and oxygen atoms in total. The molecule has 2 heterocycles. The maximum absolute atomic E-state index is 12.1. The van der Waals surface area contributed by atoms with Gasteiger partial charge in [0.1, 0.15) is 0 Å². The number of nitrogens with zero attached hydrogens (tertiary/aromatic N) is 5. The molecule has 0 bridgehead atoms. The molecule has 2 aromatic heterocycles. The minimum Gasteiger partial charge on any atom is -0.490 e. The highest BCUT2D eigenvalue weighted by molar-refractivity contribution is 5.67. The van der Waals surface area contributed by atoms with Crippen LogP contribution in [-0.2, 0) is 6.54 Å². The van der Waals surface area contributed by atoms with E-state index in [1.165, 1.54) is 16.8 Å². The molecule has 3 rings (SSSR count). The van der Waals surface area contributed by atoms with E-state index in [1.54, 1.807) is 12.4 Å². The van der Waals surface area contributed by atoms with Gasteiger partial charge in [-0.15, -0.1) is 5.10 Å². The smallest absolute Gasteiger partial charge is 0.411 e. The number of hydrogen-bond donors (Lipinski definition) is 1. The van der Waals surface area contributed by atoms with Crippen molar-refractivity contribution in [1.29, 1.82) is 0 Å². The summed E-state index contributed by atoms with van der Waals surface area (Å²) in [6.45, 7) is 1.72. The average Bonchev–Trinajstić information content (AvgIpc) is 2.74. The lowest BCUT2D eigenvalue weighted by molar-refractivity contribution is 0.207. The summed E-state index contributed by atoms with van der Waals surface area (Å²) >= 11 is 0. The van der Waals surface area contributed by atoms with Gasteiger partial charge >= 0.3 is 6.09 Å². The van der Waals surface area contributed by atoms with Crippen LogP contribution in [0, 0.1) is 0 Å². The predicted octanol–water partition coefficient (Wildman–Crippen LogP) is 1.54. The zero-order valence-corrected chi connectivity index (χ0v) is 17.4. The average molecular weight is 424 g/mol. The summed E-state index contributed by atoms with van der Waals surface area (Å²) in [5.41, 5.74) is 6.24. The van der Waals surface area contributed by atoms with Crippen molar-refractivity contribution in [3.05, 3.63) is 64.7 Å². The first-order chi connectivity index (χ1) is 14.9. The minimum absolute atomic E-state index is 0.0484. The van der Waals surface area contributed by atoms with E-state index in [-0.39, 0.29) is 18.0 Å². The number of carbonyl (C=O) groups is 1. The molecule has 0 spiro atoms. The number of carbonyl (C=O) groups excluding carboxylic acids is 1. The first-order valence-corrected chi connectivity index (χ1v) is 9.65. The lowest BCUT2D eigenvalue weighted by atomic mass is 10.1. The van der Waals surface area contributed by atoms with Crippen LogP contribution >= 0.6 is 0 Å². The Balaban J connectivity index is 1.69. The predicted molar refractivity (Wildman–Crippen MR) is 114 cm³/mol. The van der Waals surface area contributed by atoms with Crippen LogP contribution in [0.1, 0.15) is 12.0 Å². The Bertz CT molecular complexity index is 1080. The quantitative estimate of drug-likeness (QED) is 0.513. The van der Waals surface area contributed by atoms with E-state index in [4.69, 9.17) is 15.2 Å². The van der Waals surface area contributed by atoms with E-state index in [0.717, 1.165) is 24.1 Å². The third-order valence-electron chi connectivity index (χ3n) is 4.21. The molecule has 0 fully saturated rings. The zero-order chi connectivity index (χ0) is 22.2. The van der Waals surface area contributed by atoms with Crippen LogP contribution in [0.15, 0.2) is 53.6 Å². The normalized spacial score (nSPS) is 10.8. The van der Waals surface area contributed by atoms with Crippen molar-refractivity contribution in [2.75, 3.05) is 27.2 Å². The minimum atomic E-state index is -0.998. The van der Waals surface area contributed by atoms with Crippen molar-refractivity contribution < 1.29 is 14.3 Å². The van der Waals surface area contributed by atoms with E-state index < -0.39 is 6.09 Å². The molecule has 31 heavy (non-hydrogen) atoms. The van der Waals surface area contributed by atoms with Crippen molar-refractivity contribution in [1.82, 2.24) is 24.6 Å². The highest BCUT2D eigenvalue weighted by atomic mass is 16.6. The van der Waals surface area contributed by atoms with Gasteiger partial charge in [-0.05, 0) is 32.1 Å². The van der Waals surface area contributed by atoms with Crippen molar-refractivity contribution in [3.63, 3.8) is 0 Å². The molecule has 1 amide bonds. The topological polar surface area (TPSA) is 125 Å². The second-order valence-electron chi connectivity index (χ2n) is 7.04. The number of amides is 1. The number of rotatable bonds is 9. The monoisotopic (exact) mass is 424 g/mol. The highest BCUT2D eigenvalue weighted by Gasteiger charge is 2.08. The van der Waals surface area contributed by atoms with Gasteiger partial charge in [-0.2, -0.15) is 0 Å². The summed E-state index contributed by atoms with van der Waals surface area (Å²) in [5.74, 6) is 1.10. The van der Waals surface area contributed by atoms with Gasteiger partial charge in [0, 0.05) is 24.2 Å². The molecular formula is C21H24N6O4. The summed E-state index contributed by atoms with van der Waals surface area (Å²) in [6, 6.07) is 9.98. The van der Waals surface area contributed by atoms with Crippen molar-refractivity contribution in [2.24, 2.45) is 5.73 Å². The number of hydrogen-bond acceptors (Lipinski definition) is 8. The van der Waals surface area contributed by atoms with Crippen LogP contribution in [0.25, 0.3) is 11.4 Å². The second kappa shape index (κ2) is 10.3. The first-order valence-electron chi connectivity index (χ1n) is 9.65. The van der Waals surface area contributed by atoms with E-state index in [9.17, 15) is 9.59 Å². The van der Waals surface area contributed by atoms with Crippen LogP contribution in [0.3, 0.4) is 0 Å². The lowest BCUT2D eigenvalue weighted by Crippen LogP contribution is -2.25. The second-order valence-corrected chi connectivity index (χ2v) is 7.04. The molecule has 10 heteroatoms. The van der Waals surface area contributed by atoms with E-state index in [2.05, 4.69) is 20.0 Å². The van der Waals surface area contributed by atoms with Crippen molar-refractivity contribution in [3.8, 4) is 23.0 Å². The number of primary amides is 1. The number of benzene rings is 1. The van der Waals surface area contributed by atoms with Gasteiger partial charge in [-0.1, -0.05) is 18.2 Å². The van der Waals surface area contributed by atoms with Gasteiger partial charge in [-0.3, -0.25) is 4.79 Å². The molecule has 162 valence electrons. The maximum atomic E-state index is 12.1. The van der Waals surface area contributed by atoms with Gasteiger partial charge in [0.25, 0.3) is 5.56 Å². The molecule has 2 N–H and O–H groups in total. The van der Waals surface area contributed by atoms with Gasteiger partial charge < -0.3 is 20.1 Å². The highest BCUT2D eigenvalue weighted by Crippen LogP contribution is 2.18. The Morgan fingerprint density at radius 3 is 2.65 bits per heavy atom. The first kappa shape index (κ1) is 21.9. The number of nitrogens with two attached hydrogens (primary N) is 1. The largest absolute Gasteiger partial charge is 0.490 e. The molecule has 0 aliphatic carbocycles. The fourth-order valence-corrected chi connectivity index (χ4v) is 2.79. The standard InChI is InChI=1S/C21H24N6O4/c1-26(2)9-4-10-30-17-12-23-20(24-13-17)16-6-3-5-15(11-16)14-27-19(28)8-7-18(25-27)31-21(22)29/h3,5-8,11-13H,4,9-10,14H2,1-2H3,(H2,22,29). The molecule has 0 unspecified atom stereocenters. The van der Waals surface area contributed by atoms with Crippen LogP contribution in [0.2, 0.25) is 0 Å². The van der Waals surface area contributed by atoms with Gasteiger partial charge in [0.2, 0.25) is 5.88 Å². The zero-order valence-electron chi connectivity index (χ0n) is 17.4. The van der Waals surface area contributed by atoms with Gasteiger partial charge in [0.15, 0.2) is 11.6 Å². The molecule has 0 radical (unpaired) electrons. The molecule has 3 aromatic rings. The molecule has 1 aromatic carbocycles. The SMILES string of the molecule is CN(C)CCCOc1cnc(-c2cccc(Cn3nc(OC(N)=O)ccc3=O)c2)nc1. The summed E-state index contributed by atoms with van der Waals surface area (Å²) in [6.07, 6.45) is 3.19. The van der Waals surface area contributed by atoms with Crippen LogP contribution in [-0.4, -0.2) is 58.0 Å². The molecule has 0 aliphatic heterocycles. The molecule has 0 aliphatic rings. The third-order valence-corrected chi connectivity index (χ3v) is 4.21. The fraction of sp³-hybridized carbons (Fsp3) is 0.286. The summed E-state index contributed by atoms with van der Waals surface area (Å²) in [4.78, 5) is 33.8. The van der Waals surface area contributed by atoms with Crippen LogP contribution in [0.5, 0.6) is 11.6 Å². The molecule has 0 atom stereocenters. The van der Waals surface area contributed by atoms with Gasteiger partial charge in [0.05, 0.1) is 25.5 Å². The Hall–Kier alpha value is -3.79. The van der Waals surface area contributed by atoms with E-state index >= 15 is 0 Å². The van der Waals surface area contributed by atoms with Crippen LogP contribution < -0.4 is 20.8 Å². The molecule has 0 saturated heterocycles. The Kier molecular flexibility index (Phi) is 7.28. The van der Waals surface area contributed by atoms with E-state index in [1.807, 2.05) is 38.4 Å². The summed E-state index contributed by atoms with van der Waals surface area (Å²) in [5, 5.41) is 4.00. The summed E-state index contributed by atoms with van der Waals surface area (Å²) in [7, 11) is 4.04. The Morgan fingerprint density at radius 2 is 1.94 bits per heavy atom. The van der Waals surface area contributed by atoms with Crippen molar-refractivity contribution in [2.45, 2.75) is 13.0 Å². The maximum Gasteiger partial charge on any atom is 0.411 e. The van der Waals surface area contributed by atoms with E-state index in [0.29, 0.717) is 18.2 Å². The number of ether oxygens (including phenoxy) is 2. The third kappa shape index (κ3) is 6.61. The lowest BCUT2D eigenvalue weighted by Gasteiger charge is -2.10. The van der Waals surface area contributed by atoms with Crippen molar-refractivity contribution >= 4 is 6.09 Å². The molecule has 0 saturated carbocycles. The number of aromatic nitrogens is 4.